The van der Waals surface area contributed by atoms with Crippen LogP contribution >= 0.6 is 0 Å². The first kappa shape index (κ1) is 9.41. The Hall–Kier alpha value is -1.82. The van der Waals surface area contributed by atoms with Crippen LogP contribution in [0.5, 0.6) is 0 Å². The van der Waals surface area contributed by atoms with Gasteiger partial charge in [-0.3, -0.25) is 0 Å². The molecule has 0 heterocycles. The highest BCUT2D eigenvalue weighted by Crippen LogP contribution is 2.37. The molecule has 0 amide bonds. The van der Waals surface area contributed by atoms with Crippen LogP contribution in [0.4, 0.5) is 0 Å². The molecule has 0 aliphatic heterocycles. The van der Waals surface area contributed by atoms with Crippen molar-refractivity contribution in [2.75, 3.05) is 0 Å². The van der Waals surface area contributed by atoms with E-state index in [1.807, 2.05) is 0 Å². The van der Waals surface area contributed by atoms with Crippen molar-refractivity contribution in [2.24, 2.45) is 0 Å². The number of fused-ring (bicyclic) bond motifs is 1. The van der Waals surface area contributed by atoms with Gasteiger partial charge in [0.2, 0.25) is 0 Å². The quantitative estimate of drug-likeness (QED) is 0.656. The summed E-state index contributed by atoms with van der Waals surface area (Å²) < 4.78 is 0. The Morgan fingerprint density at radius 2 is 1.50 bits per heavy atom. The largest absolute Gasteiger partial charge is 0.0622 e. The topological polar surface area (TPSA) is 0 Å². The van der Waals surface area contributed by atoms with Gasteiger partial charge in [0.15, 0.2) is 0 Å². The van der Waals surface area contributed by atoms with Crippen molar-refractivity contribution in [1.82, 2.24) is 0 Å². The highest BCUT2D eigenvalue weighted by molar-refractivity contribution is 5.96. The second kappa shape index (κ2) is 3.64. The Morgan fingerprint density at radius 3 is 2.25 bits per heavy atom. The van der Waals surface area contributed by atoms with Crippen molar-refractivity contribution in [3.63, 3.8) is 0 Å². The number of rotatable bonds is 1. The monoisotopic (exact) mass is 206 g/mol. The fourth-order valence-corrected chi connectivity index (χ4v) is 2.48. The predicted molar refractivity (Wildman–Crippen MR) is 69.1 cm³/mol. The zero-order chi connectivity index (χ0) is 11.0. The Labute approximate surface area is 96.3 Å². The summed E-state index contributed by atoms with van der Waals surface area (Å²) in [6, 6.07) is 19.4. The van der Waals surface area contributed by atoms with Crippen molar-refractivity contribution in [3.05, 3.63) is 71.3 Å². The van der Waals surface area contributed by atoms with E-state index in [9.17, 15) is 0 Å². The summed E-state index contributed by atoms with van der Waals surface area (Å²) in [7, 11) is 0. The number of hydrogen-bond acceptors (Lipinski definition) is 0. The molecular weight excluding hydrogens is 192 g/mol. The maximum atomic E-state index is 2.23. The summed E-state index contributed by atoms with van der Waals surface area (Å²) in [4.78, 5) is 0. The molecular formula is C16H14. The van der Waals surface area contributed by atoms with Crippen LogP contribution in [-0.2, 0) is 6.42 Å². The first-order chi connectivity index (χ1) is 7.86. The lowest BCUT2D eigenvalue weighted by molar-refractivity contribution is 1.32. The van der Waals surface area contributed by atoms with E-state index in [0.717, 1.165) is 6.42 Å². The molecule has 0 N–H and O–H groups in total. The van der Waals surface area contributed by atoms with Crippen LogP contribution in [-0.4, -0.2) is 0 Å². The van der Waals surface area contributed by atoms with Crippen LogP contribution in [0.2, 0.25) is 0 Å². The summed E-state index contributed by atoms with van der Waals surface area (Å²) >= 11 is 0. The van der Waals surface area contributed by atoms with Gasteiger partial charge in [0.1, 0.15) is 0 Å². The molecule has 0 bridgehead atoms. The van der Waals surface area contributed by atoms with Gasteiger partial charge in [0, 0.05) is 0 Å². The maximum absolute atomic E-state index is 2.23. The molecule has 1 aliphatic carbocycles. The molecule has 0 heteroatoms. The Morgan fingerprint density at radius 1 is 0.812 bits per heavy atom. The molecule has 2 aromatic carbocycles. The summed E-state index contributed by atoms with van der Waals surface area (Å²) in [5.41, 5.74) is 7.14. The Kier molecular flexibility index (Phi) is 2.14. The summed E-state index contributed by atoms with van der Waals surface area (Å²) in [6.45, 7) is 2.23. The number of hydrogen-bond donors (Lipinski definition) is 0. The summed E-state index contributed by atoms with van der Waals surface area (Å²) in [5, 5.41) is 0. The van der Waals surface area contributed by atoms with Gasteiger partial charge in [0.25, 0.3) is 0 Å². The average Bonchev–Trinajstić information content (AvgIpc) is 2.69. The minimum Gasteiger partial charge on any atom is -0.0622 e. The highest BCUT2D eigenvalue weighted by Gasteiger charge is 2.18. The smallest absolute Gasteiger partial charge is 0.00109 e. The van der Waals surface area contributed by atoms with Crippen LogP contribution in [0.15, 0.2) is 54.6 Å². The fourth-order valence-electron chi connectivity index (χ4n) is 2.48. The molecule has 0 atom stereocenters. The van der Waals surface area contributed by atoms with E-state index >= 15 is 0 Å². The van der Waals surface area contributed by atoms with Crippen LogP contribution < -0.4 is 0 Å². The van der Waals surface area contributed by atoms with Gasteiger partial charge in [-0.15, -0.1) is 0 Å². The molecule has 16 heavy (non-hydrogen) atoms. The van der Waals surface area contributed by atoms with Crippen LogP contribution in [0.1, 0.15) is 23.6 Å². The molecule has 0 radical (unpaired) electrons. The molecule has 2 aromatic rings. The van der Waals surface area contributed by atoms with Crippen molar-refractivity contribution < 1.29 is 0 Å². The Balaban J connectivity index is 2.11. The van der Waals surface area contributed by atoms with Gasteiger partial charge in [0.05, 0.1) is 0 Å². The molecule has 0 saturated carbocycles. The van der Waals surface area contributed by atoms with Gasteiger partial charge in [-0.2, -0.15) is 0 Å². The fraction of sp³-hybridized carbons (Fsp3) is 0.125. The highest BCUT2D eigenvalue weighted by atomic mass is 14.2. The minimum atomic E-state index is 1.08. The van der Waals surface area contributed by atoms with E-state index in [0.29, 0.717) is 0 Å². The zero-order valence-corrected chi connectivity index (χ0v) is 9.40. The predicted octanol–water partition coefficient (Wildman–Crippen LogP) is 4.17. The average molecular weight is 206 g/mol. The number of allylic oxidation sites excluding steroid dienone is 2. The lowest BCUT2D eigenvalue weighted by Gasteiger charge is -2.03. The zero-order valence-electron chi connectivity index (χ0n) is 9.40. The van der Waals surface area contributed by atoms with Crippen LogP contribution in [0.3, 0.4) is 0 Å². The van der Waals surface area contributed by atoms with E-state index in [4.69, 9.17) is 0 Å². The van der Waals surface area contributed by atoms with E-state index < -0.39 is 0 Å². The van der Waals surface area contributed by atoms with Crippen molar-refractivity contribution in [2.45, 2.75) is 13.3 Å². The molecule has 0 unspecified atom stereocenters. The second-order valence-electron chi connectivity index (χ2n) is 4.30. The second-order valence-corrected chi connectivity index (χ2v) is 4.30. The van der Waals surface area contributed by atoms with Crippen LogP contribution in [0.25, 0.3) is 11.1 Å². The molecule has 0 aromatic heterocycles. The third kappa shape index (κ3) is 1.38. The van der Waals surface area contributed by atoms with Gasteiger partial charge in [-0.1, -0.05) is 54.6 Å². The normalized spacial score (nSPS) is 14.1. The van der Waals surface area contributed by atoms with Crippen molar-refractivity contribution in [3.8, 4) is 0 Å². The molecule has 0 nitrogen and oxygen atoms in total. The summed E-state index contributed by atoms with van der Waals surface area (Å²) in [6.07, 6.45) is 1.08. The third-order valence-corrected chi connectivity index (χ3v) is 3.36. The lowest BCUT2D eigenvalue weighted by Crippen LogP contribution is -1.84. The van der Waals surface area contributed by atoms with E-state index in [2.05, 4.69) is 61.5 Å². The molecule has 78 valence electrons. The van der Waals surface area contributed by atoms with E-state index in [1.54, 1.807) is 0 Å². The van der Waals surface area contributed by atoms with Crippen molar-refractivity contribution >= 4 is 11.1 Å². The molecule has 3 rings (SSSR count). The van der Waals surface area contributed by atoms with E-state index in [1.165, 1.54) is 27.8 Å². The first-order valence-electron chi connectivity index (χ1n) is 5.70. The molecule has 0 fully saturated rings. The Bertz CT molecular complexity index is 547. The first-order valence-corrected chi connectivity index (χ1v) is 5.70. The van der Waals surface area contributed by atoms with Gasteiger partial charge in [-0.05, 0) is 41.2 Å². The van der Waals surface area contributed by atoms with Gasteiger partial charge < -0.3 is 0 Å². The summed E-state index contributed by atoms with van der Waals surface area (Å²) in [5.74, 6) is 0. The third-order valence-electron chi connectivity index (χ3n) is 3.36. The van der Waals surface area contributed by atoms with Crippen molar-refractivity contribution in [1.29, 1.82) is 0 Å². The minimum absolute atomic E-state index is 1.08. The molecule has 1 aliphatic rings. The van der Waals surface area contributed by atoms with E-state index in [-0.39, 0.29) is 0 Å². The lowest BCUT2D eigenvalue weighted by atomic mass is 10.0. The standard InChI is InChI=1S/C16H14/c1-12-15-10-6-5-9-14(15)11-16(12)13-7-3-2-4-8-13/h2-10H,11H2,1H3. The maximum Gasteiger partial charge on any atom is -0.00109 e. The van der Waals surface area contributed by atoms with Gasteiger partial charge >= 0.3 is 0 Å². The van der Waals surface area contributed by atoms with Crippen LogP contribution in [0, 0.1) is 0 Å². The molecule has 0 spiro atoms. The SMILES string of the molecule is CC1=C(c2ccccc2)Cc2ccccc21. The number of benzene rings is 2. The van der Waals surface area contributed by atoms with Gasteiger partial charge in [-0.25, -0.2) is 0 Å². The molecule has 0 saturated heterocycles.